The van der Waals surface area contributed by atoms with Gasteiger partial charge in [-0.3, -0.25) is 9.59 Å². The van der Waals surface area contributed by atoms with E-state index in [0.29, 0.717) is 22.5 Å². The van der Waals surface area contributed by atoms with Gasteiger partial charge >= 0.3 is 0 Å². The molecule has 0 bridgehead atoms. The van der Waals surface area contributed by atoms with E-state index in [9.17, 15) is 9.59 Å². The molecule has 3 aromatic heterocycles. The van der Waals surface area contributed by atoms with Gasteiger partial charge in [-0.2, -0.15) is 0 Å². The number of hydrogen-bond acceptors (Lipinski definition) is 6. The van der Waals surface area contributed by atoms with Gasteiger partial charge in [0.1, 0.15) is 10.7 Å². The lowest BCUT2D eigenvalue weighted by Gasteiger charge is -2.14. The summed E-state index contributed by atoms with van der Waals surface area (Å²) in [6, 6.07) is 11.9. The van der Waals surface area contributed by atoms with Gasteiger partial charge in [-0.15, -0.1) is 11.3 Å². The van der Waals surface area contributed by atoms with Crippen LogP contribution < -0.4 is 5.56 Å². The molecule has 0 aliphatic carbocycles. The predicted molar refractivity (Wildman–Crippen MR) is 134 cm³/mol. The first kappa shape index (κ1) is 21.9. The van der Waals surface area contributed by atoms with Gasteiger partial charge in [-0.05, 0) is 44.4 Å². The van der Waals surface area contributed by atoms with Crippen molar-refractivity contribution in [1.29, 1.82) is 0 Å². The number of amides is 1. The summed E-state index contributed by atoms with van der Waals surface area (Å²) in [7, 11) is 0. The molecule has 1 N–H and O–H groups in total. The van der Waals surface area contributed by atoms with E-state index in [-0.39, 0.29) is 11.5 Å². The molecular weight excluding hydrogens is 452 g/mol. The van der Waals surface area contributed by atoms with Crippen LogP contribution >= 0.6 is 23.1 Å². The zero-order chi connectivity index (χ0) is 22.9. The number of rotatable bonds is 5. The molecule has 1 aliphatic rings. The zero-order valence-electron chi connectivity index (χ0n) is 18.6. The van der Waals surface area contributed by atoms with Crippen molar-refractivity contribution in [2.24, 2.45) is 0 Å². The fourth-order valence-corrected chi connectivity index (χ4v) is 5.91. The highest BCUT2D eigenvalue weighted by Crippen LogP contribution is 2.35. The molecule has 0 radical (unpaired) electrons. The van der Waals surface area contributed by atoms with E-state index in [0.717, 1.165) is 51.8 Å². The molecular formula is C25H24N4O2S2. The molecule has 0 spiro atoms. The number of aryl methyl sites for hydroxylation is 2. The third-order valence-corrected chi connectivity index (χ3v) is 7.81. The number of carbonyl (C=O) groups excluding carboxylic acids is 1. The quantitative estimate of drug-likeness (QED) is 0.401. The fourth-order valence-electron chi connectivity index (χ4n) is 4.14. The summed E-state index contributed by atoms with van der Waals surface area (Å²) in [6.45, 7) is 5.73. The number of likely N-dealkylation sites (tertiary alicyclic amines) is 1. The van der Waals surface area contributed by atoms with Crippen molar-refractivity contribution in [3.8, 4) is 11.1 Å². The number of thioether (sulfide) groups is 1. The number of carbonyl (C=O) groups is 1. The van der Waals surface area contributed by atoms with Crippen molar-refractivity contribution in [3.63, 3.8) is 0 Å². The van der Waals surface area contributed by atoms with Crippen LogP contribution in [0.15, 0.2) is 52.4 Å². The van der Waals surface area contributed by atoms with Crippen LogP contribution in [-0.4, -0.2) is 38.8 Å². The predicted octanol–water partition coefficient (Wildman–Crippen LogP) is 5.19. The number of nitrogens with one attached hydrogen (secondary N) is 1. The Morgan fingerprint density at radius 2 is 1.88 bits per heavy atom. The first-order valence-corrected chi connectivity index (χ1v) is 12.8. The van der Waals surface area contributed by atoms with Crippen molar-refractivity contribution in [2.45, 2.75) is 37.5 Å². The molecule has 0 unspecified atom stereocenters. The van der Waals surface area contributed by atoms with Gasteiger partial charge in [0, 0.05) is 29.7 Å². The number of nitrogens with zero attached hydrogens (tertiary/aromatic N) is 3. The Labute approximate surface area is 200 Å². The lowest BCUT2D eigenvalue weighted by molar-refractivity contribution is 0.0792. The minimum atomic E-state index is -0.116. The fraction of sp³-hybridized carbons (Fsp3) is 0.280. The van der Waals surface area contributed by atoms with Crippen LogP contribution in [0.25, 0.3) is 21.3 Å². The molecule has 1 fully saturated rings. The molecule has 5 rings (SSSR count). The summed E-state index contributed by atoms with van der Waals surface area (Å²) < 4.78 is 0. The van der Waals surface area contributed by atoms with Gasteiger partial charge in [0.05, 0.1) is 21.7 Å². The standard InChI is InChI=1S/C25H24N4O2S2/c1-15-5-7-17(8-6-15)21-16(2)33-24-22(21)23(30)27-19(28-24)14-32-20-10-9-18(13-26-20)25(31)29-11-3-4-12-29/h5-10,13H,3-4,11-12,14H2,1-2H3,(H,27,28,30). The maximum absolute atomic E-state index is 13.0. The Hall–Kier alpha value is -2.97. The first-order chi connectivity index (χ1) is 16.0. The van der Waals surface area contributed by atoms with E-state index < -0.39 is 0 Å². The lowest BCUT2D eigenvalue weighted by atomic mass is 10.0. The summed E-state index contributed by atoms with van der Waals surface area (Å²) in [4.78, 5) is 41.3. The highest BCUT2D eigenvalue weighted by molar-refractivity contribution is 7.98. The summed E-state index contributed by atoms with van der Waals surface area (Å²) in [5, 5.41) is 1.44. The van der Waals surface area contributed by atoms with Crippen LogP contribution in [0, 0.1) is 13.8 Å². The van der Waals surface area contributed by atoms with Crippen molar-refractivity contribution >= 4 is 39.2 Å². The molecule has 0 atom stereocenters. The lowest BCUT2D eigenvalue weighted by Crippen LogP contribution is -2.27. The number of thiophene rings is 1. The van der Waals surface area contributed by atoms with E-state index in [1.165, 1.54) is 17.3 Å². The number of aromatic amines is 1. The third-order valence-electron chi connectivity index (χ3n) is 5.86. The summed E-state index contributed by atoms with van der Waals surface area (Å²) in [5.41, 5.74) is 3.68. The Morgan fingerprint density at radius 3 is 2.58 bits per heavy atom. The van der Waals surface area contributed by atoms with Gasteiger partial charge in [0.25, 0.3) is 11.5 Å². The Morgan fingerprint density at radius 1 is 1.12 bits per heavy atom. The summed E-state index contributed by atoms with van der Waals surface area (Å²) in [6.07, 6.45) is 3.77. The van der Waals surface area contributed by atoms with Crippen LogP contribution in [-0.2, 0) is 5.75 Å². The van der Waals surface area contributed by atoms with Crippen LogP contribution in [0.2, 0.25) is 0 Å². The number of hydrogen-bond donors (Lipinski definition) is 1. The van der Waals surface area contributed by atoms with Crippen molar-refractivity contribution in [3.05, 3.63) is 74.8 Å². The van der Waals surface area contributed by atoms with E-state index in [2.05, 4.69) is 41.2 Å². The summed E-state index contributed by atoms with van der Waals surface area (Å²) in [5.74, 6) is 1.16. The molecule has 1 aromatic carbocycles. The van der Waals surface area contributed by atoms with Crippen LogP contribution in [0.5, 0.6) is 0 Å². The van der Waals surface area contributed by atoms with Crippen LogP contribution in [0.4, 0.5) is 0 Å². The van der Waals surface area contributed by atoms with Crippen LogP contribution in [0.1, 0.15) is 39.5 Å². The highest BCUT2D eigenvalue weighted by Gasteiger charge is 2.20. The minimum absolute atomic E-state index is 0.0467. The molecule has 8 heteroatoms. The second-order valence-electron chi connectivity index (χ2n) is 8.27. The zero-order valence-corrected chi connectivity index (χ0v) is 20.2. The van der Waals surface area contributed by atoms with E-state index in [1.807, 2.05) is 24.0 Å². The van der Waals surface area contributed by atoms with Crippen molar-refractivity contribution in [1.82, 2.24) is 19.9 Å². The topological polar surface area (TPSA) is 79.0 Å². The Bertz CT molecular complexity index is 1370. The minimum Gasteiger partial charge on any atom is -0.339 e. The SMILES string of the molecule is Cc1ccc(-c2c(C)sc3nc(CSc4ccc(C(=O)N5CCCC5)cn4)[nH]c(=O)c23)cc1. The number of H-pyrrole nitrogens is 1. The van der Waals surface area contributed by atoms with Gasteiger partial charge in [0.2, 0.25) is 0 Å². The molecule has 4 heterocycles. The van der Waals surface area contributed by atoms with Gasteiger partial charge < -0.3 is 9.88 Å². The van der Waals surface area contributed by atoms with E-state index >= 15 is 0 Å². The molecule has 1 saturated heterocycles. The maximum Gasteiger partial charge on any atom is 0.260 e. The van der Waals surface area contributed by atoms with E-state index in [1.54, 1.807) is 17.5 Å². The average Bonchev–Trinajstić information content (AvgIpc) is 3.46. The maximum atomic E-state index is 13.0. The normalized spacial score (nSPS) is 13.7. The first-order valence-electron chi connectivity index (χ1n) is 11.0. The Balaban J connectivity index is 1.34. The summed E-state index contributed by atoms with van der Waals surface area (Å²) >= 11 is 3.04. The molecule has 4 aromatic rings. The number of benzene rings is 1. The van der Waals surface area contributed by atoms with Crippen LogP contribution in [0.3, 0.4) is 0 Å². The number of aromatic nitrogens is 3. The highest BCUT2D eigenvalue weighted by atomic mass is 32.2. The molecule has 6 nitrogen and oxygen atoms in total. The van der Waals surface area contributed by atoms with E-state index in [4.69, 9.17) is 4.98 Å². The van der Waals surface area contributed by atoms with Crippen molar-refractivity contribution in [2.75, 3.05) is 13.1 Å². The number of pyridine rings is 1. The van der Waals surface area contributed by atoms with Gasteiger partial charge in [-0.25, -0.2) is 9.97 Å². The number of fused-ring (bicyclic) bond motifs is 1. The molecule has 0 saturated carbocycles. The average molecular weight is 477 g/mol. The largest absolute Gasteiger partial charge is 0.339 e. The second kappa shape index (κ2) is 9.11. The molecule has 33 heavy (non-hydrogen) atoms. The second-order valence-corrected chi connectivity index (χ2v) is 10.5. The third kappa shape index (κ3) is 4.45. The van der Waals surface area contributed by atoms with Gasteiger partial charge in [-0.1, -0.05) is 41.6 Å². The molecule has 1 aliphatic heterocycles. The Kier molecular flexibility index (Phi) is 6.03. The van der Waals surface area contributed by atoms with Crippen molar-refractivity contribution < 1.29 is 4.79 Å². The molecule has 168 valence electrons. The monoisotopic (exact) mass is 476 g/mol. The van der Waals surface area contributed by atoms with Gasteiger partial charge in [0.15, 0.2) is 0 Å². The smallest absolute Gasteiger partial charge is 0.260 e. The molecule has 1 amide bonds.